The minimum atomic E-state index is -0.430. The Balaban J connectivity index is 2.75. The van der Waals surface area contributed by atoms with E-state index in [1.165, 1.54) is 6.07 Å². The highest BCUT2D eigenvalue weighted by molar-refractivity contribution is 5.91. The highest BCUT2D eigenvalue weighted by atomic mass is 19.1. The molecule has 0 saturated carbocycles. The Hall–Kier alpha value is -1.42. The summed E-state index contributed by atoms with van der Waals surface area (Å²) in [4.78, 5) is 11.1. The third-order valence-electron chi connectivity index (χ3n) is 1.77. The van der Waals surface area contributed by atoms with Crippen LogP contribution in [0.5, 0.6) is 0 Å². The average Bonchev–Trinajstić information content (AvgIpc) is 2.12. The summed E-state index contributed by atoms with van der Waals surface area (Å²) in [5, 5.41) is 2.46. The van der Waals surface area contributed by atoms with E-state index in [1.54, 1.807) is 12.1 Å². The number of amides is 1. The van der Waals surface area contributed by atoms with Gasteiger partial charge in [-0.3, -0.25) is 4.79 Å². The van der Waals surface area contributed by atoms with Gasteiger partial charge in [0.1, 0.15) is 5.82 Å². The number of rotatable bonds is 3. The van der Waals surface area contributed by atoms with Gasteiger partial charge in [-0.05, 0) is 24.6 Å². The van der Waals surface area contributed by atoms with Gasteiger partial charge in [-0.25, -0.2) is 4.39 Å². The molecule has 0 aliphatic rings. The summed E-state index contributed by atoms with van der Waals surface area (Å²) in [7, 11) is 0. The maximum atomic E-state index is 13.1. The Labute approximate surface area is 82.1 Å². The highest BCUT2D eigenvalue weighted by Gasteiger charge is 2.05. The van der Waals surface area contributed by atoms with Crippen molar-refractivity contribution in [1.29, 1.82) is 0 Å². The van der Waals surface area contributed by atoms with Gasteiger partial charge in [0, 0.05) is 13.0 Å². The van der Waals surface area contributed by atoms with E-state index in [1.807, 2.05) is 6.92 Å². The van der Waals surface area contributed by atoms with Crippen molar-refractivity contribution in [3.8, 4) is 0 Å². The molecule has 1 aromatic carbocycles. The molecule has 0 heterocycles. The van der Waals surface area contributed by atoms with Crippen LogP contribution in [0.2, 0.25) is 0 Å². The summed E-state index contributed by atoms with van der Waals surface area (Å²) in [5.74, 6) is -0.696. The zero-order chi connectivity index (χ0) is 10.6. The van der Waals surface area contributed by atoms with Crippen LogP contribution in [0, 0.1) is 12.7 Å². The van der Waals surface area contributed by atoms with E-state index < -0.39 is 5.82 Å². The molecule has 0 atom stereocenters. The van der Waals surface area contributed by atoms with Gasteiger partial charge in [0.15, 0.2) is 0 Å². The number of benzene rings is 1. The molecule has 0 bridgehead atoms. The van der Waals surface area contributed by atoms with Crippen molar-refractivity contribution in [2.75, 3.05) is 11.9 Å². The maximum absolute atomic E-state index is 13.1. The molecule has 0 aliphatic carbocycles. The average molecular weight is 196 g/mol. The third-order valence-corrected chi connectivity index (χ3v) is 1.77. The van der Waals surface area contributed by atoms with Crippen molar-refractivity contribution in [3.63, 3.8) is 0 Å². The van der Waals surface area contributed by atoms with Crippen LogP contribution in [0.4, 0.5) is 10.1 Å². The lowest BCUT2D eigenvalue weighted by atomic mass is 10.2. The van der Waals surface area contributed by atoms with Crippen LogP contribution in [0.25, 0.3) is 0 Å². The van der Waals surface area contributed by atoms with E-state index in [9.17, 15) is 9.18 Å². The Kier molecular flexibility index (Phi) is 3.59. The molecule has 3 N–H and O–H groups in total. The van der Waals surface area contributed by atoms with Crippen LogP contribution in [0.15, 0.2) is 18.2 Å². The second kappa shape index (κ2) is 4.72. The first-order valence-corrected chi connectivity index (χ1v) is 4.39. The zero-order valence-corrected chi connectivity index (χ0v) is 8.01. The topological polar surface area (TPSA) is 55.1 Å². The standard InChI is InChI=1S/C10H13FN2O/c1-7-2-3-8(11)9(6-7)13-10(14)4-5-12/h2-3,6H,4-5,12H2,1H3,(H,13,14). The molecule has 0 aliphatic heterocycles. The highest BCUT2D eigenvalue weighted by Crippen LogP contribution is 2.15. The number of halogens is 1. The van der Waals surface area contributed by atoms with E-state index >= 15 is 0 Å². The number of nitrogens with two attached hydrogens (primary N) is 1. The fourth-order valence-electron chi connectivity index (χ4n) is 1.08. The van der Waals surface area contributed by atoms with Gasteiger partial charge in [-0.15, -0.1) is 0 Å². The van der Waals surface area contributed by atoms with Gasteiger partial charge in [-0.1, -0.05) is 6.07 Å². The van der Waals surface area contributed by atoms with Crippen molar-refractivity contribution in [2.24, 2.45) is 5.73 Å². The first-order chi connectivity index (χ1) is 6.63. The Morgan fingerprint density at radius 2 is 2.29 bits per heavy atom. The van der Waals surface area contributed by atoms with Gasteiger partial charge in [0.25, 0.3) is 0 Å². The molecule has 1 rings (SSSR count). The Morgan fingerprint density at radius 1 is 1.57 bits per heavy atom. The van der Waals surface area contributed by atoms with Crippen LogP contribution in [0.3, 0.4) is 0 Å². The quantitative estimate of drug-likeness (QED) is 0.768. The summed E-state index contributed by atoms with van der Waals surface area (Å²) in [6, 6.07) is 4.56. The molecule has 3 nitrogen and oxygen atoms in total. The largest absolute Gasteiger partial charge is 0.330 e. The fourth-order valence-corrected chi connectivity index (χ4v) is 1.08. The van der Waals surface area contributed by atoms with E-state index in [4.69, 9.17) is 5.73 Å². The molecule has 0 aromatic heterocycles. The van der Waals surface area contributed by atoms with Gasteiger partial charge >= 0.3 is 0 Å². The monoisotopic (exact) mass is 196 g/mol. The minimum absolute atomic E-state index is 0.202. The molecule has 0 fully saturated rings. The van der Waals surface area contributed by atoms with Gasteiger partial charge in [0.2, 0.25) is 5.91 Å². The van der Waals surface area contributed by atoms with Crippen LogP contribution in [0.1, 0.15) is 12.0 Å². The molecule has 0 radical (unpaired) electrons. The number of carbonyl (C=O) groups is 1. The van der Waals surface area contributed by atoms with Crippen LogP contribution >= 0.6 is 0 Å². The summed E-state index contributed by atoms with van der Waals surface area (Å²) in [5.41, 5.74) is 6.31. The van der Waals surface area contributed by atoms with E-state index in [-0.39, 0.29) is 24.6 Å². The maximum Gasteiger partial charge on any atom is 0.225 e. The smallest absolute Gasteiger partial charge is 0.225 e. The number of anilines is 1. The Morgan fingerprint density at radius 3 is 2.93 bits per heavy atom. The lowest BCUT2D eigenvalue weighted by Gasteiger charge is -2.06. The number of nitrogens with one attached hydrogen (secondary N) is 1. The van der Waals surface area contributed by atoms with Crippen LogP contribution < -0.4 is 11.1 Å². The Bertz CT molecular complexity index is 339. The number of hydrogen-bond acceptors (Lipinski definition) is 2. The van der Waals surface area contributed by atoms with Crippen molar-refractivity contribution >= 4 is 11.6 Å². The second-order valence-corrected chi connectivity index (χ2v) is 3.07. The summed E-state index contributed by atoms with van der Waals surface area (Å²) >= 11 is 0. The number of aryl methyl sites for hydroxylation is 1. The fraction of sp³-hybridized carbons (Fsp3) is 0.300. The lowest BCUT2D eigenvalue weighted by molar-refractivity contribution is -0.116. The lowest BCUT2D eigenvalue weighted by Crippen LogP contribution is -2.16. The third kappa shape index (κ3) is 2.81. The molecule has 1 amide bonds. The summed E-state index contributed by atoms with van der Waals surface area (Å²) < 4.78 is 13.1. The molecule has 0 unspecified atom stereocenters. The van der Waals surface area contributed by atoms with Gasteiger partial charge in [0.05, 0.1) is 5.69 Å². The summed E-state index contributed by atoms with van der Waals surface area (Å²) in [6.07, 6.45) is 0.202. The van der Waals surface area contributed by atoms with Crippen molar-refractivity contribution in [1.82, 2.24) is 0 Å². The summed E-state index contributed by atoms with van der Waals surface area (Å²) in [6.45, 7) is 2.09. The van der Waals surface area contributed by atoms with Gasteiger partial charge < -0.3 is 11.1 Å². The molecule has 14 heavy (non-hydrogen) atoms. The van der Waals surface area contributed by atoms with E-state index in [2.05, 4.69) is 5.32 Å². The zero-order valence-electron chi connectivity index (χ0n) is 8.01. The van der Waals surface area contributed by atoms with Crippen molar-refractivity contribution in [2.45, 2.75) is 13.3 Å². The number of carbonyl (C=O) groups excluding carboxylic acids is 1. The second-order valence-electron chi connectivity index (χ2n) is 3.07. The van der Waals surface area contributed by atoms with E-state index in [0.29, 0.717) is 0 Å². The first-order valence-electron chi connectivity index (χ1n) is 4.39. The predicted octanol–water partition coefficient (Wildman–Crippen LogP) is 1.42. The molecule has 0 saturated heterocycles. The predicted molar refractivity (Wildman–Crippen MR) is 53.4 cm³/mol. The van der Waals surface area contributed by atoms with Crippen molar-refractivity contribution in [3.05, 3.63) is 29.6 Å². The normalized spacial score (nSPS) is 9.93. The molecular weight excluding hydrogens is 183 g/mol. The van der Waals surface area contributed by atoms with Crippen molar-refractivity contribution < 1.29 is 9.18 Å². The van der Waals surface area contributed by atoms with Crippen LogP contribution in [-0.4, -0.2) is 12.5 Å². The van der Waals surface area contributed by atoms with E-state index in [0.717, 1.165) is 5.56 Å². The number of hydrogen-bond donors (Lipinski definition) is 2. The molecule has 4 heteroatoms. The molecular formula is C10H13FN2O. The van der Waals surface area contributed by atoms with Crippen LogP contribution in [-0.2, 0) is 4.79 Å². The molecule has 76 valence electrons. The molecule has 0 spiro atoms. The SMILES string of the molecule is Cc1ccc(F)c(NC(=O)CCN)c1. The molecule has 1 aromatic rings. The van der Waals surface area contributed by atoms with Gasteiger partial charge in [-0.2, -0.15) is 0 Å². The minimum Gasteiger partial charge on any atom is -0.330 e. The first kappa shape index (κ1) is 10.7.